The number of H-pyrrole nitrogens is 1. The number of nitrogens with zero attached hydrogens (tertiary/aromatic N) is 4. The Balaban J connectivity index is 0.990. The summed E-state index contributed by atoms with van der Waals surface area (Å²) in [6, 6.07) is 14.5. The van der Waals surface area contributed by atoms with Gasteiger partial charge in [0.2, 0.25) is 17.7 Å². The van der Waals surface area contributed by atoms with E-state index < -0.39 is 17.7 Å². The van der Waals surface area contributed by atoms with Crippen LogP contribution in [0.4, 0.5) is 5.69 Å². The number of allylic oxidation sites excluding steroid dienone is 1. The van der Waals surface area contributed by atoms with Crippen molar-refractivity contribution in [2.75, 3.05) is 31.1 Å². The molecule has 8 rings (SSSR count). The molecule has 4 aliphatic rings. The predicted molar refractivity (Wildman–Crippen MR) is 269 cm³/mol. The molecule has 1 aliphatic heterocycles. The number of aromatic amines is 1. The zero-order valence-electron chi connectivity index (χ0n) is 41.3. The van der Waals surface area contributed by atoms with Gasteiger partial charge in [0.25, 0.3) is 0 Å². The van der Waals surface area contributed by atoms with E-state index in [1.165, 1.54) is 5.56 Å². The second-order valence-electron chi connectivity index (χ2n) is 21.3. The van der Waals surface area contributed by atoms with E-state index in [1.54, 1.807) is 18.6 Å². The first-order chi connectivity index (χ1) is 33.3. The van der Waals surface area contributed by atoms with Crippen molar-refractivity contribution in [1.29, 1.82) is 0 Å². The van der Waals surface area contributed by atoms with Gasteiger partial charge < -0.3 is 25.2 Å². The van der Waals surface area contributed by atoms with Gasteiger partial charge in [0.15, 0.2) is 5.78 Å². The predicted octanol–water partition coefficient (Wildman–Crippen LogP) is 8.63. The molecule has 0 spiro atoms. The number of hydrogen-bond acceptors (Lipinski definition) is 9. The number of benzene rings is 2. The van der Waals surface area contributed by atoms with Gasteiger partial charge in [0.1, 0.15) is 17.7 Å². The van der Waals surface area contributed by atoms with Gasteiger partial charge in [0.05, 0.1) is 17.6 Å². The third-order valence-corrected chi connectivity index (χ3v) is 15.1. The molecule has 13 heteroatoms. The Kier molecular flexibility index (Phi) is 16.3. The number of fused-ring (bicyclic) bond motifs is 2. The molecule has 0 radical (unpaired) electrons. The Morgan fingerprint density at radius 1 is 0.826 bits per heavy atom. The summed E-state index contributed by atoms with van der Waals surface area (Å²) in [6.07, 6.45) is 18.9. The highest BCUT2D eigenvalue weighted by atomic mass is 16.6. The van der Waals surface area contributed by atoms with E-state index >= 15 is 0 Å². The molecule has 3 amide bonds. The number of pyridine rings is 1. The Morgan fingerprint density at radius 2 is 1.58 bits per heavy atom. The van der Waals surface area contributed by atoms with Gasteiger partial charge in [-0.3, -0.25) is 34.1 Å². The summed E-state index contributed by atoms with van der Waals surface area (Å²) in [4.78, 5) is 79.0. The molecule has 2 aromatic heterocycles. The zero-order valence-corrected chi connectivity index (χ0v) is 41.3. The largest absolute Gasteiger partial charge is 0.460 e. The molecule has 0 bridgehead atoms. The molecule has 3 aliphatic carbocycles. The molecule has 368 valence electrons. The summed E-state index contributed by atoms with van der Waals surface area (Å²) in [5, 5.41) is 14.6. The first-order valence-electron chi connectivity index (χ1n) is 25.8. The van der Waals surface area contributed by atoms with Crippen LogP contribution in [0.3, 0.4) is 0 Å². The third kappa shape index (κ3) is 13.3. The summed E-state index contributed by atoms with van der Waals surface area (Å²) in [7, 11) is 0. The fourth-order valence-electron chi connectivity index (χ4n) is 11.4. The normalized spacial score (nSPS) is 22.4. The number of amides is 3. The lowest BCUT2D eigenvalue weighted by Crippen LogP contribution is -2.58. The third-order valence-electron chi connectivity index (χ3n) is 15.1. The maximum atomic E-state index is 14.9. The summed E-state index contributed by atoms with van der Waals surface area (Å²) < 4.78 is 5.82. The van der Waals surface area contributed by atoms with Crippen LogP contribution in [0.5, 0.6) is 0 Å². The monoisotopic (exact) mass is 940 g/mol. The van der Waals surface area contributed by atoms with Crippen LogP contribution in [0.2, 0.25) is 0 Å². The fourth-order valence-corrected chi connectivity index (χ4v) is 11.4. The average Bonchev–Trinajstić information content (AvgIpc) is 3.60. The van der Waals surface area contributed by atoms with Crippen LogP contribution in [-0.2, 0) is 41.6 Å². The molecule has 3 N–H and O–H groups in total. The minimum atomic E-state index is -0.943. The van der Waals surface area contributed by atoms with Gasteiger partial charge in [-0.15, -0.1) is 0 Å². The van der Waals surface area contributed by atoms with Gasteiger partial charge in [-0.2, -0.15) is 5.10 Å². The topological polar surface area (TPSA) is 167 Å². The van der Waals surface area contributed by atoms with E-state index in [-0.39, 0.29) is 66.0 Å². The number of Topliss-reactive ketones (excluding diaryl/α,β-unsaturated/α-hetero) is 1. The highest BCUT2D eigenvalue weighted by molar-refractivity contribution is 6.01. The Labute approximate surface area is 408 Å². The summed E-state index contributed by atoms with van der Waals surface area (Å²) in [5.41, 5.74) is 6.54. The number of ether oxygens (including phenoxy) is 1. The molecular weight excluding hydrogens is 867 g/mol. The van der Waals surface area contributed by atoms with Crippen molar-refractivity contribution in [2.45, 2.75) is 148 Å². The van der Waals surface area contributed by atoms with Crippen LogP contribution in [0, 0.1) is 30.6 Å². The number of aryl methyl sites for hydroxylation is 2. The van der Waals surface area contributed by atoms with E-state index in [1.807, 2.05) is 69.0 Å². The van der Waals surface area contributed by atoms with Crippen molar-refractivity contribution in [3.8, 4) is 0 Å². The van der Waals surface area contributed by atoms with Crippen LogP contribution in [-0.4, -0.2) is 93.4 Å². The van der Waals surface area contributed by atoms with Crippen LogP contribution in [0.25, 0.3) is 17.0 Å². The number of carbonyl (C=O) groups excluding carboxylic acids is 5. The molecule has 2 aromatic carbocycles. The average molecular weight is 940 g/mol. The van der Waals surface area contributed by atoms with Crippen LogP contribution < -0.4 is 15.5 Å². The van der Waals surface area contributed by atoms with Crippen molar-refractivity contribution in [3.05, 3.63) is 94.9 Å². The fraction of sp³-hybridized carbons (Fsp3) is 0.554. The Morgan fingerprint density at radius 3 is 2.38 bits per heavy atom. The van der Waals surface area contributed by atoms with E-state index in [9.17, 15) is 24.0 Å². The van der Waals surface area contributed by atoms with E-state index in [4.69, 9.17) is 4.74 Å². The molecule has 3 heterocycles. The maximum Gasteiger partial charge on any atom is 0.309 e. The number of carbonyl (C=O) groups is 5. The van der Waals surface area contributed by atoms with Gasteiger partial charge in [-0.05, 0) is 155 Å². The zero-order chi connectivity index (χ0) is 48.5. The smallest absolute Gasteiger partial charge is 0.309 e. The van der Waals surface area contributed by atoms with Crippen molar-refractivity contribution >= 4 is 52.1 Å². The number of esters is 1. The molecule has 69 heavy (non-hydrogen) atoms. The molecule has 13 nitrogen and oxygen atoms in total. The number of piperazine rings is 1. The first-order valence-corrected chi connectivity index (χ1v) is 25.8. The second kappa shape index (κ2) is 22.7. The lowest BCUT2D eigenvalue weighted by molar-refractivity contribution is -0.161. The number of aromatic nitrogens is 3. The van der Waals surface area contributed by atoms with Crippen LogP contribution >= 0.6 is 0 Å². The number of anilines is 1. The van der Waals surface area contributed by atoms with Gasteiger partial charge >= 0.3 is 5.97 Å². The minimum Gasteiger partial charge on any atom is -0.460 e. The lowest BCUT2D eigenvalue weighted by atomic mass is 9.82. The van der Waals surface area contributed by atoms with Crippen molar-refractivity contribution in [1.82, 2.24) is 30.7 Å². The SMILES string of the molecule is Cc1cc(C[C@@H](NC(=O)CC2CCCC(C3=Cc4ccccc4CCC3=O)CC2)C(=O)N[C@@H](CC2CCCCC(C(=O)OC(C)(C)C)CC2)C(=O)N2CCN(c3ccncc3)CC2)cc2cn[nH]c12. The quantitative estimate of drug-likeness (QED) is 0.0879. The Hall–Kier alpha value is -5.85. The van der Waals surface area contributed by atoms with Gasteiger partial charge in [0, 0.05) is 68.9 Å². The van der Waals surface area contributed by atoms with Gasteiger partial charge in [-0.1, -0.05) is 56.0 Å². The number of ketones is 1. The molecule has 6 atom stereocenters. The molecule has 2 saturated carbocycles. The van der Waals surface area contributed by atoms with E-state index in [0.29, 0.717) is 45.4 Å². The summed E-state index contributed by atoms with van der Waals surface area (Å²) in [6.45, 7) is 9.99. The van der Waals surface area contributed by atoms with Crippen molar-refractivity contribution in [2.24, 2.45) is 23.7 Å². The minimum absolute atomic E-state index is 0.0969. The number of hydrogen-bond donors (Lipinski definition) is 3. The Bertz CT molecular complexity index is 2470. The molecule has 1 saturated heterocycles. The van der Waals surface area contributed by atoms with E-state index in [2.05, 4.69) is 48.9 Å². The van der Waals surface area contributed by atoms with Crippen molar-refractivity contribution in [3.63, 3.8) is 0 Å². The lowest BCUT2D eigenvalue weighted by Gasteiger charge is -2.38. The second-order valence-corrected chi connectivity index (χ2v) is 21.3. The molecule has 4 aromatic rings. The highest BCUT2D eigenvalue weighted by Gasteiger charge is 2.36. The van der Waals surface area contributed by atoms with Crippen LogP contribution in [0.15, 0.2) is 72.7 Å². The molecule has 3 fully saturated rings. The molecule has 4 unspecified atom stereocenters. The maximum absolute atomic E-state index is 14.9. The highest BCUT2D eigenvalue weighted by Crippen LogP contribution is 2.37. The standard InChI is InChI=1S/C56H73N7O6/c1-37-30-40(31-45-36-58-61-52(37)45)33-48(59-51(65)34-39-11-9-15-42(18-16-39)47-35-44-14-8-7-12-41(44)20-21-50(47)64)53(66)60-49(54(67)63-28-26-62(27-29-63)46-22-24-57-25-23-46)32-38-10-5-6-13-43(19-17-38)55(68)69-56(2,3)4/h7-8,12,14,22-25,30-31,35-36,38-39,42-43,48-49H,5-6,9-11,13,15-21,26-29,32-34H2,1-4H3,(H,58,61)(H,59,65)(H,60,66)/t38?,39?,42?,43?,48-,49+/m1/s1. The van der Waals surface area contributed by atoms with Gasteiger partial charge in [-0.25, -0.2) is 0 Å². The summed E-state index contributed by atoms with van der Waals surface area (Å²) >= 11 is 0. The summed E-state index contributed by atoms with van der Waals surface area (Å²) in [5.74, 6) is -0.481. The number of nitrogens with one attached hydrogen (secondary N) is 3. The number of rotatable bonds is 13. The first kappa shape index (κ1) is 49.6. The van der Waals surface area contributed by atoms with E-state index in [0.717, 1.165) is 109 Å². The molecular formula is C56H73N7O6. The van der Waals surface area contributed by atoms with Crippen LogP contribution in [0.1, 0.15) is 133 Å². The van der Waals surface area contributed by atoms with Crippen molar-refractivity contribution < 1.29 is 28.7 Å².